The zero-order valence-electron chi connectivity index (χ0n) is 13.4. The molecule has 2 rings (SSSR count). The minimum atomic E-state index is -0.559. The molecule has 2 N–H and O–H groups in total. The van der Waals surface area contributed by atoms with E-state index in [1.165, 1.54) is 23.9 Å². The molecule has 0 aliphatic rings. The summed E-state index contributed by atoms with van der Waals surface area (Å²) in [6.07, 6.45) is 1.29. The number of nitrogens with zero attached hydrogens (tertiary/aromatic N) is 1. The first-order chi connectivity index (χ1) is 11.4. The second-order valence-corrected chi connectivity index (χ2v) is 6.12. The molecule has 0 fully saturated rings. The first kappa shape index (κ1) is 18.0. The van der Waals surface area contributed by atoms with Crippen molar-refractivity contribution in [2.75, 3.05) is 6.26 Å². The van der Waals surface area contributed by atoms with Crippen molar-refractivity contribution < 1.29 is 14.8 Å². The normalized spacial score (nSPS) is 11.8. The molecule has 126 valence electrons. The standard InChI is InChI=1S/C17H18N2O4S/c1-11(20)13-5-3-12(4-6-13)10-18-17(21)15-9-14(24-2)7-8-16(15)19(22)23/h3-9,11,20H,10H2,1-2H3,(H,18,21). The van der Waals surface area contributed by atoms with Crippen LogP contribution in [0.5, 0.6) is 0 Å². The number of nitro benzene ring substituents is 1. The van der Waals surface area contributed by atoms with Crippen molar-refractivity contribution in [1.29, 1.82) is 0 Å². The Kier molecular flexibility index (Phi) is 5.94. The molecule has 24 heavy (non-hydrogen) atoms. The molecule has 0 aliphatic carbocycles. The summed E-state index contributed by atoms with van der Waals surface area (Å²) in [5, 5.41) is 23.3. The van der Waals surface area contributed by atoms with Gasteiger partial charge >= 0.3 is 0 Å². The van der Waals surface area contributed by atoms with E-state index in [4.69, 9.17) is 0 Å². The average Bonchev–Trinajstić information content (AvgIpc) is 2.59. The van der Waals surface area contributed by atoms with Crippen LogP contribution < -0.4 is 5.32 Å². The van der Waals surface area contributed by atoms with Crippen LogP contribution in [0.2, 0.25) is 0 Å². The second-order valence-electron chi connectivity index (χ2n) is 5.24. The number of carbonyl (C=O) groups excluding carboxylic acids is 1. The van der Waals surface area contributed by atoms with Crippen molar-refractivity contribution in [3.63, 3.8) is 0 Å². The number of thioether (sulfide) groups is 1. The summed E-state index contributed by atoms with van der Waals surface area (Å²) in [5.74, 6) is -0.489. The highest BCUT2D eigenvalue weighted by atomic mass is 32.2. The molecule has 2 aromatic rings. The zero-order valence-corrected chi connectivity index (χ0v) is 14.2. The average molecular weight is 346 g/mol. The van der Waals surface area contributed by atoms with Gasteiger partial charge in [-0.15, -0.1) is 11.8 Å². The molecule has 0 radical (unpaired) electrons. The van der Waals surface area contributed by atoms with E-state index in [2.05, 4.69) is 5.32 Å². The van der Waals surface area contributed by atoms with Gasteiger partial charge in [0.15, 0.2) is 0 Å². The fourth-order valence-electron chi connectivity index (χ4n) is 2.17. The first-order valence-corrected chi connectivity index (χ1v) is 8.52. The topological polar surface area (TPSA) is 92.5 Å². The second kappa shape index (κ2) is 7.94. The molecule has 0 aromatic heterocycles. The summed E-state index contributed by atoms with van der Waals surface area (Å²) in [6.45, 7) is 1.92. The summed E-state index contributed by atoms with van der Waals surface area (Å²) < 4.78 is 0. The third-order valence-electron chi connectivity index (χ3n) is 3.56. The largest absolute Gasteiger partial charge is 0.389 e. The van der Waals surface area contributed by atoms with Crippen molar-refractivity contribution in [2.24, 2.45) is 0 Å². The van der Waals surface area contributed by atoms with Crippen LogP contribution in [0.1, 0.15) is 34.5 Å². The Morgan fingerprint density at radius 3 is 2.50 bits per heavy atom. The molecule has 2 aromatic carbocycles. The smallest absolute Gasteiger partial charge is 0.282 e. The molecular weight excluding hydrogens is 328 g/mol. The molecule has 0 heterocycles. The molecule has 0 spiro atoms. The summed E-state index contributed by atoms with van der Waals surface area (Å²) >= 11 is 1.41. The Bertz CT molecular complexity index is 745. The Hall–Kier alpha value is -2.38. The van der Waals surface area contributed by atoms with Gasteiger partial charge in [-0.25, -0.2) is 0 Å². The van der Waals surface area contributed by atoms with Crippen LogP contribution in [0.15, 0.2) is 47.4 Å². The number of nitrogens with one attached hydrogen (secondary N) is 1. The van der Waals surface area contributed by atoms with Gasteiger partial charge in [0, 0.05) is 17.5 Å². The molecule has 0 saturated heterocycles. The van der Waals surface area contributed by atoms with Crippen molar-refractivity contribution in [1.82, 2.24) is 5.32 Å². The van der Waals surface area contributed by atoms with Gasteiger partial charge in [0.2, 0.25) is 0 Å². The summed E-state index contributed by atoms with van der Waals surface area (Å²) in [6, 6.07) is 11.7. The van der Waals surface area contributed by atoms with E-state index in [-0.39, 0.29) is 17.8 Å². The maximum Gasteiger partial charge on any atom is 0.282 e. The van der Waals surface area contributed by atoms with Gasteiger partial charge < -0.3 is 10.4 Å². The fourth-order valence-corrected chi connectivity index (χ4v) is 2.61. The minimum absolute atomic E-state index is 0.0486. The van der Waals surface area contributed by atoms with Gasteiger partial charge in [-0.3, -0.25) is 14.9 Å². The van der Waals surface area contributed by atoms with Crippen molar-refractivity contribution >= 4 is 23.4 Å². The maximum absolute atomic E-state index is 12.3. The number of hydrogen-bond donors (Lipinski definition) is 2. The third-order valence-corrected chi connectivity index (χ3v) is 4.29. The number of hydrogen-bond acceptors (Lipinski definition) is 5. The number of rotatable bonds is 6. The zero-order chi connectivity index (χ0) is 17.7. The molecular formula is C17H18N2O4S. The van der Waals surface area contributed by atoms with Gasteiger partial charge in [-0.2, -0.15) is 0 Å². The van der Waals surface area contributed by atoms with E-state index >= 15 is 0 Å². The number of aliphatic hydroxyl groups excluding tert-OH is 1. The number of nitro groups is 1. The van der Waals surface area contributed by atoms with Crippen LogP contribution >= 0.6 is 11.8 Å². The predicted molar refractivity (Wildman–Crippen MR) is 93.1 cm³/mol. The van der Waals surface area contributed by atoms with Crippen LogP contribution in [0.3, 0.4) is 0 Å². The number of amides is 1. The van der Waals surface area contributed by atoms with Gasteiger partial charge in [-0.1, -0.05) is 24.3 Å². The van der Waals surface area contributed by atoms with Crippen LogP contribution in [0.25, 0.3) is 0 Å². The van der Waals surface area contributed by atoms with Crippen molar-refractivity contribution in [3.05, 3.63) is 69.3 Å². The first-order valence-electron chi connectivity index (χ1n) is 7.30. The van der Waals surface area contributed by atoms with Crippen molar-refractivity contribution in [2.45, 2.75) is 24.5 Å². The van der Waals surface area contributed by atoms with Crippen LogP contribution in [-0.2, 0) is 6.54 Å². The summed E-state index contributed by atoms with van der Waals surface area (Å²) in [4.78, 5) is 23.6. The highest BCUT2D eigenvalue weighted by Gasteiger charge is 2.20. The lowest BCUT2D eigenvalue weighted by Gasteiger charge is -2.09. The van der Waals surface area contributed by atoms with Crippen LogP contribution in [0, 0.1) is 10.1 Å². The van der Waals surface area contributed by atoms with Crippen molar-refractivity contribution in [3.8, 4) is 0 Å². The predicted octanol–water partition coefficient (Wildman–Crippen LogP) is 3.30. The monoisotopic (exact) mass is 346 g/mol. The Labute approximate surface area is 144 Å². The molecule has 7 heteroatoms. The SMILES string of the molecule is CSc1ccc([N+](=O)[O-])c(C(=O)NCc2ccc(C(C)O)cc2)c1. The lowest BCUT2D eigenvalue weighted by atomic mass is 10.1. The van der Waals surface area contributed by atoms with E-state index in [0.29, 0.717) is 0 Å². The van der Waals surface area contributed by atoms with E-state index in [1.807, 2.05) is 6.26 Å². The molecule has 1 amide bonds. The third kappa shape index (κ3) is 4.33. The van der Waals surface area contributed by atoms with Crippen LogP contribution in [-0.4, -0.2) is 22.2 Å². The molecule has 1 unspecified atom stereocenters. The molecule has 0 aliphatic heterocycles. The number of carbonyl (C=O) groups is 1. The van der Waals surface area contributed by atoms with Gasteiger partial charge in [0.05, 0.1) is 11.0 Å². The lowest BCUT2D eigenvalue weighted by Crippen LogP contribution is -2.23. The van der Waals surface area contributed by atoms with E-state index in [9.17, 15) is 20.0 Å². The molecule has 1 atom stereocenters. The lowest BCUT2D eigenvalue weighted by molar-refractivity contribution is -0.385. The Morgan fingerprint density at radius 1 is 1.29 bits per heavy atom. The number of benzene rings is 2. The number of aliphatic hydroxyl groups is 1. The quantitative estimate of drug-likeness (QED) is 0.476. The van der Waals surface area contributed by atoms with E-state index in [0.717, 1.165) is 16.0 Å². The van der Waals surface area contributed by atoms with Gasteiger partial charge in [0.25, 0.3) is 11.6 Å². The Morgan fingerprint density at radius 2 is 1.96 bits per heavy atom. The maximum atomic E-state index is 12.3. The van der Waals surface area contributed by atoms with Crippen LogP contribution in [0.4, 0.5) is 5.69 Å². The fraction of sp³-hybridized carbons (Fsp3) is 0.235. The highest BCUT2D eigenvalue weighted by molar-refractivity contribution is 7.98. The summed E-state index contributed by atoms with van der Waals surface area (Å²) in [5.41, 5.74) is 1.46. The highest BCUT2D eigenvalue weighted by Crippen LogP contribution is 2.24. The molecule has 6 nitrogen and oxygen atoms in total. The van der Waals surface area contributed by atoms with E-state index in [1.54, 1.807) is 37.3 Å². The summed E-state index contributed by atoms with van der Waals surface area (Å²) in [7, 11) is 0. The minimum Gasteiger partial charge on any atom is -0.389 e. The molecule has 0 bridgehead atoms. The van der Waals surface area contributed by atoms with Gasteiger partial charge in [0.1, 0.15) is 5.56 Å². The Balaban J connectivity index is 2.13. The van der Waals surface area contributed by atoms with E-state index < -0.39 is 16.9 Å². The molecule has 0 saturated carbocycles. The van der Waals surface area contributed by atoms with Gasteiger partial charge in [-0.05, 0) is 36.4 Å².